The van der Waals surface area contributed by atoms with Crippen LogP contribution in [0.2, 0.25) is 10.0 Å². The van der Waals surface area contributed by atoms with Crippen molar-refractivity contribution < 1.29 is 13.9 Å². The summed E-state index contributed by atoms with van der Waals surface area (Å²) in [4.78, 5) is 13.8. The topological polar surface area (TPSA) is 69.0 Å². The fraction of sp³-hybridized carbons (Fsp3) is 0.0455. The number of nitrogens with one attached hydrogen (secondary N) is 1. The standard InChI is InChI=1S/C22H15Cl2FN4O2/c1-31-22-13(10-14(23)11-18(22)24)2-9-21(30)26-16-5-8-19-20(12-16)28-29(27-19)17-6-3-15(25)4-7-17/h2-12H,1H3,(H,26,30). The maximum atomic E-state index is 13.1. The molecule has 0 unspecified atom stereocenters. The first-order valence-electron chi connectivity index (χ1n) is 9.08. The number of hydrogen-bond acceptors (Lipinski definition) is 4. The monoisotopic (exact) mass is 456 g/mol. The smallest absolute Gasteiger partial charge is 0.248 e. The van der Waals surface area contributed by atoms with Crippen molar-refractivity contribution in [2.45, 2.75) is 0 Å². The van der Waals surface area contributed by atoms with Gasteiger partial charge in [0.15, 0.2) is 0 Å². The maximum Gasteiger partial charge on any atom is 0.248 e. The van der Waals surface area contributed by atoms with Gasteiger partial charge in [0.2, 0.25) is 5.91 Å². The van der Waals surface area contributed by atoms with Crippen LogP contribution in [0, 0.1) is 5.82 Å². The summed E-state index contributed by atoms with van der Waals surface area (Å²) in [7, 11) is 1.49. The van der Waals surface area contributed by atoms with Crippen LogP contribution in [0.4, 0.5) is 10.1 Å². The number of fused-ring (bicyclic) bond motifs is 1. The highest BCUT2D eigenvalue weighted by Gasteiger charge is 2.09. The maximum absolute atomic E-state index is 13.1. The van der Waals surface area contributed by atoms with E-state index in [1.165, 1.54) is 30.1 Å². The first-order valence-corrected chi connectivity index (χ1v) is 9.83. The molecule has 1 heterocycles. The van der Waals surface area contributed by atoms with E-state index in [-0.39, 0.29) is 11.7 Å². The van der Waals surface area contributed by atoms with E-state index in [0.29, 0.717) is 43.8 Å². The summed E-state index contributed by atoms with van der Waals surface area (Å²) in [5, 5.41) is 12.3. The van der Waals surface area contributed by atoms with Crippen molar-refractivity contribution >= 4 is 51.9 Å². The zero-order valence-corrected chi connectivity index (χ0v) is 17.7. The third-order valence-corrected chi connectivity index (χ3v) is 4.86. The molecule has 0 aliphatic rings. The molecule has 1 aromatic heterocycles. The van der Waals surface area contributed by atoms with Crippen LogP contribution in [0.1, 0.15) is 5.56 Å². The summed E-state index contributed by atoms with van der Waals surface area (Å²) in [6.07, 6.45) is 2.92. The number of amides is 1. The number of rotatable bonds is 5. The third kappa shape index (κ3) is 4.68. The van der Waals surface area contributed by atoms with Gasteiger partial charge >= 0.3 is 0 Å². The Morgan fingerprint density at radius 3 is 2.55 bits per heavy atom. The molecule has 0 bridgehead atoms. The SMILES string of the molecule is COc1c(Cl)cc(Cl)cc1C=CC(=O)Nc1ccc2nn(-c3ccc(F)cc3)nc2c1. The second-order valence-corrected chi connectivity index (χ2v) is 7.35. The van der Waals surface area contributed by atoms with Crippen molar-refractivity contribution in [1.29, 1.82) is 0 Å². The normalized spacial score (nSPS) is 11.2. The molecule has 1 N–H and O–H groups in total. The van der Waals surface area contributed by atoms with Gasteiger partial charge in [-0.15, -0.1) is 10.2 Å². The van der Waals surface area contributed by atoms with Gasteiger partial charge in [-0.25, -0.2) is 4.39 Å². The minimum Gasteiger partial charge on any atom is -0.495 e. The van der Waals surface area contributed by atoms with E-state index in [9.17, 15) is 9.18 Å². The average Bonchev–Trinajstić information content (AvgIpc) is 3.16. The molecule has 0 saturated heterocycles. The van der Waals surface area contributed by atoms with Gasteiger partial charge in [0.05, 0.1) is 17.8 Å². The molecule has 0 saturated carbocycles. The molecule has 0 spiro atoms. The lowest BCUT2D eigenvalue weighted by Gasteiger charge is -2.08. The molecule has 3 aromatic carbocycles. The van der Waals surface area contributed by atoms with Gasteiger partial charge in [-0.05, 0) is 60.7 Å². The largest absolute Gasteiger partial charge is 0.495 e. The fourth-order valence-electron chi connectivity index (χ4n) is 2.95. The molecular weight excluding hydrogens is 442 g/mol. The van der Waals surface area contributed by atoms with Crippen LogP contribution in [0.15, 0.2) is 60.7 Å². The van der Waals surface area contributed by atoms with E-state index in [4.69, 9.17) is 27.9 Å². The van der Waals surface area contributed by atoms with Gasteiger partial charge in [-0.2, -0.15) is 4.80 Å². The van der Waals surface area contributed by atoms with Crippen LogP contribution in [-0.4, -0.2) is 28.0 Å². The number of halogens is 3. The van der Waals surface area contributed by atoms with Crippen molar-refractivity contribution in [2.24, 2.45) is 0 Å². The van der Waals surface area contributed by atoms with E-state index in [1.807, 2.05) is 0 Å². The van der Waals surface area contributed by atoms with Crippen LogP contribution in [0.25, 0.3) is 22.8 Å². The summed E-state index contributed by atoms with van der Waals surface area (Å²) in [5.41, 5.74) is 2.96. The van der Waals surface area contributed by atoms with E-state index in [2.05, 4.69) is 15.5 Å². The zero-order chi connectivity index (χ0) is 22.0. The highest BCUT2D eigenvalue weighted by Crippen LogP contribution is 2.33. The van der Waals surface area contributed by atoms with Gasteiger partial charge in [0.1, 0.15) is 22.6 Å². The lowest BCUT2D eigenvalue weighted by Crippen LogP contribution is -2.07. The van der Waals surface area contributed by atoms with E-state index in [0.717, 1.165) is 0 Å². The van der Waals surface area contributed by atoms with Gasteiger partial charge in [0, 0.05) is 22.3 Å². The Kier molecular flexibility index (Phi) is 5.88. The molecule has 4 rings (SSSR count). The minimum absolute atomic E-state index is 0.337. The summed E-state index contributed by atoms with van der Waals surface area (Å²) in [5.74, 6) is -0.270. The number of nitrogens with zero attached hydrogens (tertiary/aromatic N) is 3. The van der Waals surface area contributed by atoms with Gasteiger partial charge in [-0.3, -0.25) is 4.79 Å². The van der Waals surface area contributed by atoms with Crippen molar-refractivity contribution in [1.82, 2.24) is 15.0 Å². The van der Waals surface area contributed by atoms with Crippen LogP contribution in [0.5, 0.6) is 5.75 Å². The zero-order valence-electron chi connectivity index (χ0n) is 16.1. The van der Waals surface area contributed by atoms with Crippen molar-refractivity contribution in [3.63, 3.8) is 0 Å². The predicted molar refractivity (Wildman–Crippen MR) is 120 cm³/mol. The number of benzene rings is 3. The lowest BCUT2D eigenvalue weighted by molar-refractivity contribution is -0.111. The first kappa shape index (κ1) is 20.8. The molecule has 0 radical (unpaired) electrons. The quantitative estimate of drug-likeness (QED) is 0.401. The molecular formula is C22H15Cl2FN4O2. The summed E-state index contributed by atoms with van der Waals surface area (Å²) in [6, 6.07) is 14.2. The molecule has 0 aliphatic carbocycles. The summed E-state index contributed by atoms with van der Waals surface area (Å²) >= 11 is 12.1. The fourth-order valence-corrected chi connectivity index (χ4v) is 3.54. The van der Waals surface area contributed by atoms with Crippen LogP contribution >= 0.6 is 23.2 Å². The Bertz CT molecular complexity index is 1300. The molecule has 31 heavy (non-hydrogen) atoms. The van der Waals surface area contributed by atoms with Crippen molar-refractivity contribution in [2.75, 3.05) is 12.4 Å². The molecule has 156 valence electrons. The molecule has 1 amide bonds. The highest BCUT2D eigenvalue weighted by molar-refractivity contribution is 6.36. The first-order chi connectivity index (χ1) is 14.9. The van der Waals surface area contributed by atoms with Crippen molar-refractivity contribution in [3.05, 3.63) is 82.1 Å². The number of hydrogen-bond donors (Lipinski definition) is 1. The Morgan fingerprint density at radius 1 is 1.06 bits per heavy atom. The number of carbonyl (C=O) groups excluding carboxylic acids is 1. The molecule has 9 heteroatoms. The molecule has 0 atom stereocenters. The number of methoxy groups -OCH3 is 1. The molecule has 4 aromatic rings. The van der Waals surface area contributed by atoms with Crippen LogP contribution in [0.3, 0.4) is 0 Å². The summed E-state index contributed by atoms with van der Waals surface area (Å²) < 4.78 is 18.4. The van der Waals surface area contributed by atoms with Gasteiger partial charge < -0.3 is 10.1 Å². The van der Waals surface area contributed by atoms with Gasteiger partial charge in [-0.1, -0.05) is 23.2 Å². The number of ether oxygens (including phenoxy) is 1. The van der Waals surface area contributed by atoms with E-state index in [1.54, 1.807) is 48.5 Å². The Balaban J connectivity index is 1.53. The highest BCUT2D eigenvalue weighted by atomic mass is 35.5. The Morgan fingerprint density at radius 2 is 1.81 bits per heavy atom. The second kappa shape index (κ2) is 8.75. The second-order valence-electron chi connectivity index (χ2n) is 6.50. The third-order valence-electron chi connectivity index (χ3n) is 4.36. The van der Waals surface area contributed by atoms with E-state index < -0.39 is 0 Å². The van der Waals surface area contributed by atoms with E-state index >= 15 is 0 Å². The molecule has 0 aliphatic heterocycles. The number of carbonyl (C=O) groups is 1. The number of anilines is 1. The Labute approximate surface area is 186 Å². The van der Waals surface area contributed by atoms with Crippen LogP contribution in [-0.2, 0) is 4.79 Å². The average molecular weight is 457 g/mol. The summed E-state index contributed by atoms with van der Waals surface area (Å²) in [6.45, 7) is 0. The predicted octanol–water partition coefficient (Wildman–Crippen LogP) is 5.53. The lowest BCUT2D eigenvalue weighted by atomic mass is 10.2. The number of aromatic nitrogens is 3. The van der Waals surface area contributed by atoms with Crippen LogP contribution < -0.4 is 10.1 Å². The molecule has 0 fully saturated rings. The minimum atomic E-state index is -0.358. The van der Waals surface area contributed by atoms with Crippen molar-refractivity contribution in [3.8, 4) is 11.4 Å². The molecule has 6 nitrogen and oxygen atoms in total. The van der Waals surface area contributed by atoms with Gasteiger partial charge in [0.25, 0.3) is 0 Å². The Hall–Kier alpha value is -3.42.